The Morgan fingerprint density at radius 3 is 2.59 bits per heavy atom. The fraction of sp³-hybridized carbons (Fsp3) is 0.467. The number of anilines is 1. The first-order chi connectivity index (χ1) is 10.6. The van der Waals surface area contributed by atoms with E-state index < -0.39 is 23.4 Å². The molecule has 1 aromatic heterocycles. The van der Waals surface area contributed by atoms with Crippen LogP contribution in [0.4, 0.5) is 19.1 Å². The highest BCUT2D eigenvalue weighted by Crippen LogP contribution is 2.40. The molecule has 118 valence electrons. The van der Waals surface area contributed by atoms with Crippen molar-refractivity contribution < 1.29 is 13.2 Å². The molecule has 2 aliphatic rings. The number of hydrogen-bond donors (Lipinski definition) is 1. The van der Waals surface area contributed by atoms with E-state index in [4.69, 9.17) is 5.73 Å². The lowest BCUT2D eigenvalue weighted by Gasteiger charge is -2.40. The van der Waals surface area contributed by atoms with Crippen LogP contribution in [0.3, 0.4) is 0 Å². The standard InChI is InChI=1S/C15H17F3N4/c16-11-7-13(18)12(17)6-10(11)9-2-5-22(8-14(9)19)15-20-3-1-4-21-15/h1,3-4,7,9-10,14H,2,5-6,8,19H2/t9-,10?,14?/m1/s1. The molecule has 2 unspecified atom stereocenters. The lowest BCUT2D eigenvalue weighted by molar-refractivity contribution is 0.225. The Morgan fingerprint density at radius 2 is 1.91 bits per heavy atom. The van der Waals surface area contributed by atoms with Gasteiger partial charge in [-0.1, -0.05) is 0 Å². The average Bonchev–Trinajstić information content (AvgIpc) is 2.52. The van der Waals surface area contributed by atoms with Gasteiger partial charge in [-0.05, 0) is 18.4 Å². The van der Waals surface area contributed by atoms with E-state index in [1.54, 1.807) is 18.5 Å². The molecule has 3 atom stereocenters. The van der Waals surface area contributed by atoms with Crippen LogP contribution in [0.5, 0.6) is 0 Å². The molecule has 2 N–H and O–H groups in total. The molecule has 7 heteroatoms. The maximum atomic E-state index is 14.0. The smallest absolute Gasteiger partial charge is 0.225 e. The average molecular weight is 310 g/mol. The minimum absolute atomic E-state index is 0.227. The minimum Gasteiger partial charge on any atom is -0.339 e. The molecule has 0 saturated carbocycles. The first-order valence-corrected chi connectivity index (χ1v) is 7.25. The van der Waals surface area contributed by atoms with Crippen LogP contribution in [0.1, 0.15) is 12.8 Å². The molecule has 1 aliphatic heterocycles. The number of halogens is 3. The van der Waals surface area contributed by atoms with E-state index in [2.05, 4.69) is 9.97 Å². The third-order valence-electron chi connectivity index (χ3n) is 4.34. The Labute approximate surface area is 126 Å². The highest BCUT2D eigenvalue weighted by Gasteiger charge is 2.38. The first-order valence-electron chi connectivity index (χ1n) is 7.25. The zero-order valence-electron chi connectivity index (χ0n) is 11.9. The summed E-state index contributed by atoms with van der Waals surface area (Å²) in [6.45, 7) is 1.08. The highest BCUT2D eigenvalue weighted by molar-refractivity contribution is 5.31. The lowest BCUT2D eigenvalue weighted by Crippen LogP contribution is -2.51. The van der Waals surface area contributed by atoms with Gasteiger partial charge in [-0.3, -0.25) is 0 Å². The SMILES string of the molecule is NC1CN(c2ncccn2)CC[C@@H]1C1CC(F)=C(F)C=C1F. The van der Waals surface area contributed by atoms with Gasteiger partial charge in [0.1, 0.15) is 11.7 Å². The maximum Gasteiger partial charge on any atom is 0.225 e. The summed E-state index contributed by atoms with van der Waals surface area (Å²) < 4.78 is 40.5. The van der Waals surface area contributed by atoms with Crippen LogP contribution in [0, 0.1) is 11.8 Å². The molecule has 2 heterocycles. The van der Waals surface area contributed by atoms with Crippen molar-refractivity contribution in [1.82, 2.24) is 9.97 Å². The van der Waals surface area contributed by atoms with Crippen molar-refractivity contribution in [3.63, 3.8) is 0 Å². The summed E-state index contributed by atoms with van der Waals surface area (Å²) in [5.74, 6) is -2.97. The fourth-order valence-electron chi connectivity index (χ4n) is 3.19. The summed E-state index contributed by atoms with van der Waals surface area (Å²) in [4.78, 5) is 10.3. The Morgan fingerprint density at radius 1 is 1.18 bits per heavy atom. The molecule has 1 aromatic rings. The number of nitrogens with two attached hydrogens (primary N) is 1. The summed E-state index contributed by atoms with van der Waals surface area (Å²) in [5.41, 5.74) is 6.16. The molecule has 1 fully saturated rings. The van der Waals surface area contributed by atoms with Crippen molar-refractivity contribution in [3.8, 4) is 0 Å². The minimum atomic E-state index is -1.11. The third-order valence-corrected chi connectivity index (χ3v) is 4.34. The van der Waals surface area contributed by atoms with Gasteiger partial charge in [0, 0.05) is 49.9 Å². The molecular weight excluding hydrogens is 293 g/mol. The van der Waals surface area contributed by atoms with Crippen LogP contribution < -0.4 is 10.6 Å². The monoisotopic (exact) mass is 310 g/mol. The van der Waals surface area contributed by atoms with E-state index in [0.29, 0.717) is 31.5 Å². The molecule has 1 aliphatic carbocycles. The summed E-state index contributed by atoms with van der Waals surface area (Å²) in [6, 6.07) is 1.37. The van der Waals surface area contributed by atoms with Crippen molar-refractivity contribution in [2.75, 3.05) is 18.0 Å². The fourth-order valence-corrected chi connectivity index (χ4v) is 3.19. The topological polar surface area (TPSA) is 55.0 Å². The van der Waals surface area contributed by atoms with E-state index >= 15 is 0 Å². The van der Waals surface area contributed by atoms with Crippen molar-refractivity contribution in [3.05, 3.63) is 42.0 Å². The molecule has 22 heavy (non-hydrogen) atoms. The molecule has 0 bridgehead atoms. The molecule has 0 radical (unpaired) electrons. The second kappa shape index (κ2) is 6.08. The van der Waals surface area contributed by atoms with Crippen molar-refractivity contribution in [1.29, 1.82) is 0 Å². The zero-order valence-corrected chi connectivity index (χ0v) is 11.9. The van der Waals surface area contributed by atoms with Gasteiger partial charge in [0.05, 0.1) is 0 Å². The predicted octanol–water partition coefficient (Wildman–Crippen LogP) is 2.65. The van der Waals surface area contributed by atoms with E-state index in [0.717, 1.165) is 0 Å². The van der Waals surface area contributed by atoms with Crippen LogP contribution in [-0.4, -0.2) is 29.1 Å². The zero-order chi connectivity index (χ0) is 15.7. The molecule has 1 saturated heterocycles. The maximum absolute atomic E-state index is 14.0. The molecule has 0 amide bonds. The van der Waals surface area contributed by atoms with Crippen LogP contribution in [0.2, 0.25) is 0 Å². The number of aromatic nitrogens is 2. The van der Waals surface area contributed by atoms with Crippen LogP contribution in [0.15, 0.2) is 42.0 Å². The summed E-state index contributed by atoms with van der Waals surface area (Å²) >= 11 is 0. The Bertz CT molecular complexity index is 602. The largest absolute Gasteiger partial charge is 0.339 e. The summed E-state index contributed by atoms with van der Waals surface area (Å²) in [6.07, 6.45) is 4.26. The quantitative estimate of drug-likeness (QED) is 0.912. The number of piperidine rings is 1. The van der Waals surface area contributed by atoms with E-state index in [1.807, 2.05) is 4.90 Å². The van der Waals surface area contributed by atoms with Crippen LogP contribution in [0.25, 0.3) is 0 Å². The van der Waals surface area contributed by atoms with Gasteiger partial charge in [-0.2, -0.15) is 0 Å². The second-order valence-electron chi connectivity index (χ2n) is 5.70. The third kappa shape index (κ3) is 2.85. The normalized spacial score (nSPS) is 29.5. The van der Waals surface area contributed by atoms with Crippen LogP contribution >= 0.6 is 0 Å². The summed E-state index contributed by atoms with van der Waals surface area (Å²) in [5, 5.41) is 0. The van der Waals surface area contributed by atoms with Gasteiger partial charge in [0.25, 0.3) is 0 Å². The van der Waals surface area contributed by atoms with Gasteiger partial charge < -0.3 is 10.6 Å². The molecule has 0 aromatic carbocycles. The molecule has 4 nitrogen and oxygen atoms in total. The van der Waals surface area contributed by atoms with E-state index in [-0.39, 0.29) is 18.4 Å². The predicted molar refractivity (Wildman–Crippen MR) is 76.9 cm³/mol. The molecular formula is C15H17F3N4. The van der Waals surface area contributed by atoms with E-state index in [1.165, 1.54) is 0 Å². The number of allylic oxidation sites excluding steroid dienone is 4. The number of rotatable bonds is 2. The van der Waals surface area contributed by atoms with Gasteiger partial charge in [0.2, 0.25) is 5.95 Å². The molecule has 3 rings (SSSR count). The lowest BCUT2D eigenvalue weighted by atomic mass is 9.77. The Hall–Kier alpha value is -1.89. The van der Waals surface area contributed by atoms with Gasteiger partial charge in [-0.15, -0.1) is 0 Å². The van der Waals surface area contributed by atoms with E-state index in [9.17, 15) is 13.2 Å². The van der Waals surface area contributed by atoms with Gasteiger partial charge in [-0.25, -0.2) is 23.1 Å². The van der Waals surface area contributed by atoms with Crippen LogP contribution in [-0.2, 0) is 0 Å². The van der Waals surface area contributed by atoms with Crippen molar-refractivity contribution in [2.45, 2.75) is 18.9 Å². The van der Waals surface area contributed by atoms with Gasteiger partial charge >= 0.3 is 0 Å². The number of nitrogens with zero attached hydrogens (tertiary/aromatic N) is 3. The first kappa shape index (κ1) is 15.0. The number of hydrogen-bond acceptors (Lipinski definition) is 4. The van der Waals surface area contributed by atoms with Gasteiger partial charge in [0.15, 0.2) is 5.83 Å². The van der Waals surface area contributed by atoms with Crippen molar-refractivity contribution >= 4 is 5.95 Å². The van der Waals surface area contributed by atoms with Crippen molar-refractivity contribution in [2.24, 2.45) is 17.6 Å². The Kier molecular flexibility index (Phi) is 4.15. The molecule has 0 spiro atoms. The Balaban J connectivity index is 1.71. The second-order valence-corrected chi connectivity index (χ2v) is 5.70. The summed E-state index contributed by atoms with van der Waals surface area (Å²) in [7, 11) is 0. The highest BCUT2D eigenvalue weighted by atomic mass is 19.2.